The molecule has 0 saturated heterocycles. The summed E-state index contributed by atoms with van der Waals surface area (Å²) in [4.78, 5) is 3.96. The van der Waals surface area contributed by atoms with E-state index in [1.807, 2.05) is 23.9 Å². The van der Waals surface area contributed by atoms with Crippen molar-refractivity contribution in [3.05, 3.63) is 71.3 Å². The largest absolute Gasteiger partial charge is 0.316 e. The summed E-state index contributed by atoms with van der Waals surface area (Å²) in [6.45, 7) is 6.66. The van der Waals surface area contributed by atoms with Gasteiger partial charge in [-0.15, -0.1) is 0 Å². The minimum absolute atomic E-state index is 0.133. The van der Waals surface area contributed by atoms with E-state index in [0.29, 0.717) is 5.96 Å². The molecule has 0 fully saturated rings. The van der Waals surface area contributed by atoms with Gasteiger partial charge in [-0.3, -0.25) is 5.41 Å². The fourth-order valence-electron chi connectivity index (χ4n) is 4.21. The van der Waals surface area contributed by atoms with Gasteiger partial charge in [-0.25, -0.2) is 0 Å². The van der Waals surface area contributed by atoms with E-state index in [9.17, 15) is 0 Å². The molecule has 0 atom stereocenters. The predicted octanol–water partition coefficient (Wildman–Crippen LogP) is 5.74. The lowest BCUT2D eigenvalue weighted by molar-refractivity contribution is 0.590. The van der Waals surface area contributed by atoms with Crippen molar-refractivity contribution in [3.63, 3.8) is 0 Å². The van der Waals surface area contributed by atoms with Crippen molar-refractivity contribution < 1.29 is 0 Å². The van der Waals surface area contributed by atoms with E-state index in [0.717, 1.165) is 24.2 Å². The van der Waals surface area contributed by atoms with Crippen molar-refractivity contribution in [2.45, 2.75) is 39.0 Å². The topological polar surface area (TPSA) is 30.3 Å². The number of nitrogens with one attached hydrogen (secondary N) is 1. The molecule has 1 aliphatic carbocycles. The molecule has 0 aliphatic heterocycles. The molecule has 0 heterocycles. The van der Waals surface area contributed by atoms with Crippen molar-refractivity contribution in [2.75, 3.05) is 23.9 Å². The molecule has 28 heavy (non-hydrogen) atoms. The first-order chi connectivity index (χ1) is 13.3. The number of nitrogens with zero attached hydrogens (tertiary/aromatic N) is 2. The van der Waals surface area contributed by atoms with E-state index in [-0.39, 0.29) is 5.41 Å². The maximum atomic E-state index is 8.80. The number of hydrogen-bond acceptors (Lipinski definition) is 1. The fourth-order valence-corrected chi connectivity index (χ4v) is 4.21. The van der Waals surface area contributed by atoms with Gasteiger partial charge in [0.2, 0.25) is 5.96 Å². The molecule has 0 bridgehead atoms. The standard InChI is InChI=1S/C25H29N3/c1-25(2,3)19-11-13-20(14-12-19)27(4)24(26)28(5)22-16-10-18-8-6-7-17-9-15-21(22)23(17)18/h6-8,10-14,16,26H,9,15H2,1-5H3. The fraction of sp³-hybridized carbons (Fsp3) is 0.320. The molecule has 4 rings (SSSR count). The average molecular weight is 372 g/mol. The summed E-state index contributed by atoms with van der Waals surface area (Å²) in [5, 5.41) is 11.5. The highest BCUT2D eigenvalue weighted by atomic mass is 15.3. The van der Waals surface area contributed by atoms with Crippen molar-refractivity contribution in [2.24, 2.45) is 0 Å². The monoisotopic (exact) mass is 371 g/mol. The first kappa shape index (κ1) is 18.5. The molecule has 1 aliphatic rings. The van der Waals surface area contributed by atoms with Crippen LogP contribution in [0.2, 0.25) is 0 Å². The SMILES string of the molecule is CN(C(=N)N(C)c1ccc2cccc3c2c1CC3)c1ccc(C(C)(C)C)cc1. The third-order valence-corrected chi connectivity index (χ3v) is 5.98. The molecule has 0 unspecified atom stereocenters. The Balaban J connectivity index is 1.63. The zero-order valence-corrected chi connectivity index (χ0v) is 17.5. The van der Waals surface area contributed by atoms with Gasteiger partial charge in [-0.2, -0.15) is 0 Å². The van der Waals surface area contributed by atoms with Gasteiger partial charge in [0.15, 0.2) is 0 Å². The third kappa shape index (κ3) is 3.05. The molecule has 0 amide bonds. The number of hydrogen-bond donors (Lipinski definition) is 1. The van der Waals surface area contributed by atoms with Gasteiger partial charge < -0.3 is 9.80 Å². The predicted molar refractivity (Wildman–Crippen MR) is 121 cm³/mol. The highest BCUT2D eigenvalue weighted by Gasteiger charge is 2.22. The van der Waals surface area contributed by atoms with Crippen LogP contribution in [0.1, 0.15) is 37.5 Å². The number of aryl methyl sites for hydroxylation is 2. The van der Waals surface area contributed by atoms with Crippen molar-refractivity contribution >= 4 is 28.1 Å². The van der Waals surface area contributed by atoms with Gasteiger partial charge in [0.05, 0.1) is 0 Å². The van der Waals surface area contributed by atoms with Gasteiger partial charge in [0.1, 0.15) is 0 Å². The number of guanidine groups is 1. The van der Waals surface area contributed by atoms with E-state index >= 15 is 0 Å². The normalized spacial score (nSPS) is 13.0. The molecule has 3 nitrogen and oxygen atoms in total. The number of anilines is 2. The van der Waals surface area contributed by atoms with E-state index in [4.69, 9.17) is 5.41 Å². The molecule has 3 aromatic carbocycles. The van der Waals surface area contributed by atoms with Gasteiger partial charge in [0.25, 0.3) is 0 Å². The quantitative estimate of drug-likeness (QED) is 0.460. The maximum absolute atomic E-state index is 8.80. The van der Waals surface area contributed by atoms with E-state index in [1.54, 1.807) is 0 Å². The lowest BCUT2D eigenvalue weighted by Gasteiger charge is -2.30. The van der Waals surface area contributed by atoms with E-state index < -0.39 is 0 Å². The second-order valence-corrected chi connectivity index (χ2v) is 8.82. The molecule has 1 N–H and O–H groups in total. The number of rotatable bonds is 2. The Bertz CT molecular complexity index is 1040. The molecule has 3 aromatic rings. The van der Waals surface area contributed by atoms with Crippen LogP contribution in [0, 0.1) is 5.41 Å². The average Bonchev–Trinajstić information content (AvgIpc) is 3.12. The van der Waals surface area contributed by atoms with Crippen LogP contribution in [0.25, 0.3) is 10.8 Å². The highest BCUT2D eigenvalue weighted by molar-refractivity contribution is 6.07. The van der Waals surface area contributed by atoms with Crippen LogP contribution in [-0.4, -0.2) is 20.1 Å². The minimum atomic E-state index is 0.133. The minimum Gasteiger partial charge on any atom is -0.316 e. The van der Waals surface area contributed by atoms with Crippen molar-refractivity contribution in [1.82, 2.24) is 0 Å². The molecule has 0 aromatic heterocycles. The van der Waals surface area contributed by atoms with Gasteiger partial charge >= 0.3 is 0 Å². The molecular formula is C25H29N3. The second-order valence-electron chi connectivity index (χ2n) is 8.82. The molecule has 0 saturated carbocycles. The summed E-state index contributed by atoms with van der Waals surface area (Å²) >= 11 is 0. The maximum Gasteiger partial charge on any atom is 0.202 e. The van der Waals surface area contributed by atoms with E-state index in [2.05, 4.69) is 75.4 Å². The van der Waals surface area contributed by atoms with E-state index in [1.165, 1.54) is 27.5 Å². The molecule has 0 radical (unpaired) electrons. The Labute approximate surface area is 168 Å². The summed E-state index contributed by atoms with van der Waals surface area (Å²) in [6.07, 6.45) is 2.14. The van der Waals surface area contributed by atoms with Gasteiger partial charge in [-0.05, 0) is 63.9 Å². The summed E-state index contributed by atoms with van der Waals surface area (Å²) in [5.74, 6) is 0.475. The summed E-state index contributed by atoms with van der Waals surface area (Å²) in [7, 11) is 3.97. The number of benzene rings is 3. The molecular weight excluding hydrogens is 342 g/mol. The van der Waals surface area contributed by atoms with Crippen LogP contribution in [0.15, 0.2) is 54.6 Å². The smallest absolute Gasteiger partial charge is 0.202 e. The molecule has 3 heteroatoms. The Morgan fingerprint density at radius 3 is 2.25 bits per heavy atom. The van der Waals surface area contributed by atoms with Crippen molar-refractivity contribution in [1.29, 1.82) is 5.41 Å². The summed E-state index contributed by atoms with van der Waals surface area (Å²) < 4.78 is 0. The third-order valence-electron chi connectivity index (χ3n) is 5.98. The summed E-state index contributed by atoms with van der Waals surface area (Å²) in [5.41, 5.74) is 6.41. The van der Waals surface area contributed by atoms with Gasteiger partial charge in [0, 0.05) is 25.5 Å². The van der Waals surface area contributed by atoms with Crippen LogP contribution in [0.4, 0.5) is 11.4 Å². The Hall–Kier alpha value is -2.81. The van der Waals surface area contributed by atoms with Gasteiger partial charge in [-0.1, -0.05) is 57.2 Å². The van der Waals surface area contributed by atoms with Crippen LogP contribution < -0.4 is 9.80 Å². The first-order valence-corrected chi connectivity index (χ1v) is 9.97. The molecule has 144 valence electrons. The van der Waals surface area contributed by atoms with Crippen LogP contribution in [-0.2, 0) is 18.3 Å². The van der Waals surface area contributed by atoms with Crippen LogP contribution in [0.5, 0.6) is 0 Å². The second kappa shape index (κ2) is 6.66. The first-order valence-electron chi connectivity index (χ1n) is 9.97. The molecule has 0 spiro atoms. The lowest BCUT2D eigenvalue weighted by atomic mass is 9.87. The van der Waals surface area contributed by atoms with Crippen LogP contribution in [0.3, 0.4) is 0 Å². The van der Waals surface area contributed by atoms with Crippen molar-refractivity contribution in [3.8, 4) is 0 Å². The zero-order valence-electron chi connectivity index (χ0n) is 17.5. The zero-order chi connectivity index (χ0) is 20.1. The highest BCUT2D eigenvalue weighted by Crippen LogP contribution is 2.37. The Morgan fingerprint density at radius 2 is 1.57 bits per heavy atom. The Kier molecular flexibility index (Phi) is 4.41. The lowest BCUT2D eigenvalue weighted by Crippen LogP contribution is -2.40. The Morgan fingerprint density at radius 1 is 0.857 bits per heavy atom. The van der Waals surface area contributed by atoms with Crippen LogP contribution >= 0.6 is 0 Å². The summed E-state index contributed by atoms with van der Waals surface area (Å²) in [6, 6.07) is 19.5.